The molecule has 1 saturated heterocycles. The summed E-state index contributed by atoms with van der Waals surface area (Å²) in [5.74, 6) is -0.0729. The third-order valence-electron chi connectivity index (χ3n) is 3.35. The zero-order chi connectivity index (χ0) is 14.5. The van der Waals surface area contributed by atoms with E-state index in [4.69, 9.17) is 15.7 Å². The zero-order valence-corrected chi connectivity index (χ0v) is 11.4. The molecule has 1 atom stereocenters. The quantitative estimate of drug-likeness (QED) is 0.337. The Bertz CT molecular complexity index is 522. The molecule has 0 aliphatic carbocycles. The number of hydrogen-bond acceptors (Lipinski definition) is 4. The Kier molecular flexibility index (Phi) is 4.57. The number of nitrogens with one attached hydrogen (secondary N) is 1. The van der Waals surface area contributed by atoms with Crippen molar-refractivity contribution in [3.8, 4) is 0 Å². The number of hydrogen-bond donors (Lipinski definition) is 3. The van der Waals surface area contributed by atoms with Crippen LogP contribution in [0.25, 0.3) is 0 Å². The molecule has 1 aromatic rings. The van der Waals surface area contributed by atoms with Crippen molar-refractivity contribution in [1.82, 2.24) is 0 Å². The number of nitrogens with two attached hydrogens (primary N) is 1. The van der Waals surface area contributed by atoms with Crippen molar-refractivity contribution in [2.24, 2.45) is 10.9 Å². The van der Waals surface area contributed by atoms with Crippen LogP contribution in [0.5, 0.6) is 0 Å². The molecule has 0 saturated carbocycles. The van der Waals surface area contributed by atoms with Gasteiger partial charge in [-0.15, -0.1) is 0 Å². The van der Waals surface area contributed by atoms with Crippen LogP contribution in [0.3, 0.4) is 0 Å². The van der Waals surface area contributed by atoms with E-state index in [1.165, 1.54) is 0 Å². The van der Waals surface area contributed by atoms with Gasteiger partial charge in [-0.05, 0) is 31.4 Å². The number of oxime groups is 1. The molecular formula is C14H19N3O3. The summed E-state index contributed by atoms with van der Waals surface area (Å²) in [6.45, 7) is 2.62. The summed E-state index contributed by atoms with van der Waals surface area (Å²) in [7, 11) is 0. The molecule has 1 heterocycles. The van der Waals surface area contributed by atoms with Crippen LogP contribution in [0.15, 0.2) is 23.4 Å². The number of ether oxygens (including phenoxy) is 1. The Morgan fingerprint density at radius 2 is 2.40 bits per heavy atom. The molecule has 0 spiro atoms. The summed E-state index contributed by atoms with van der Waals surface area (Å²) < 4.78 is 5.44. The van der Waals surface area contributed by atoms with Gasteiger partial charge in [-0.25, -0.2) is 0 Å². The van der Waals surface area contributed by atoms with Gasteiger partial charge in [0.05, 0.1) is 12.5 Å². The maximum atomic E-state index is 12.0. The molecule has 0 radical (unpaired) electrons. The summed E-state index contributed by atoms with van der Waals surface area (Å²) in [5, 5.41) is 14.5. The van der Waals surface area contributed by atoms with Gasteiger partial charge >= 0.3 is 0 Å². The second kappa shape index (κ2) is 6.38. The number of rotatable bonds is 4. The van der Waals surface area contributed by atoms with E-state index < -0.39 is 0 Å². The molecule has 0 bridgehead atoms. The fraction of sp³-hybridized carbons (Fsp3) is 0.429. The smallest absolute Gasteiger partial charge is 0.226 e. The highest BCUT2D eigenvalue weighted by molar-refractivity contribution is 5.99. The van der Waals surface area contributed by atoms with Crippen LogP contribution >= 0.6 is 0 Å². The highest BCUT2D eigenvalue weighted by atomic mass is 16.5. The molecule has 0 aromatic heterocycles. The van der Waals surface area contributed by atoms with E-state index in [-0.39, 0.29) is 17.8 Å². The summed E-state index contributed by atoms with van der Waals surface area (Å²) in [6, 6.07) is 5.24. The molecule has 1 aromatic carbocycles. The third kappa shape index (κ3) is 3.48. The van der Waals surface area contributed by atoms with E-state index in [9.17, 15) is 4.79 Å². The van der Waals surface area contributed by atoms with E-state index in [1.807, 2.05) is 13.0 Å². The minimum Gasteiger partial charge on any atom is -0.409 e. The molecule has 1 aliphatic heterocycles. The summed E-state index contributed by atoms with van der Waals surface area (Å²) >= 11 is 0. The Morgan fingerprint density at radius 3 is 3.05 bits per heavy atom. The van der Waals surface area contributed by atoms with Gasteiger partial charge in [-0.3, -0.25) is 4.79 Å². The van der Waals surface area contributed by atoms with Gasteiger partial charge in [0.2, 0.25) is 5.91 Å². The van der Waals surface area contributed by atoms with Crippen molar-refractivity contribution in [1.29, 1.82) is 0 Å². The number of nitrogens with zero attached hydrogens (tertiary/aromatic N) is 1. The second-order valence-electron chi connectivity index (χ2n) is 4.90. The maximum absolute atomic E-state index is 12.0. The number of benzene rings is 1. The fourth-order valence-corrected chi connectivity index (χ4v) is 2.19. The fourth-order valence-electron chi connectivity index (χ4n) is 2.19. The minimum atomic E-state index is -0.0864. The van der Waals surface area contributed by atoms with Gasteiger partial charge in [-0.1, -0.05) is 17.3 Å². The van der Waals surface area contributed by atoms with Crippen molar-refractivity contribution in [3.05, 3.63) is 29.3 Å². The van der Waals surface area contributed by atoms with Gasteiger partial charge in [0.25, 0.3) is 0 Å². The van der Waals surface area contributed by atoms with Crippen LogP contribution in [0.2, 0.25) is 0 Å². The average Bonchev–Trinajstić information content (AvgIpc) is 2.93. The summed E-state index contributed by atoms with van der Waals surface area (Å²) in [6.07, 6.45) is 2.31. The molecule has 6 heteroatoms. The Morgan fingerprint density at radius 1 is 1.60 bits per heavy atom. The van der Waals surface area contributed by atoms with Crippen LogP contribution < -0.4 is 11.1 Å². The van der Waals surface area contributed by atoms with E-state index in [0.29, 0.717) is 17.7 Å². The number of carbonyl (C=O) groups excluding carboxylic acids is 1. The molecule has 2 rings (SSSR count). The predicted octanol–water partition coefficient (Wildman–Crippen LogP) is 1.60. The largest absolute Gasteiger partial charge is 0.409 e. The Hall–Kier alpha value is -2.08. The van der Waals surface area contributed by atoms with Gasteiger partial charge in [0, 0.05) is 17.9 Å². The van der Waals surface area contributed by atoms with Crippen molar-refractivity contribution in [2.45, 2.75) is 32.3 Å². The second-order valence-corrected chi connectivity index (χ2v) is 4.90. The van der Waals surface area contributed by atoms with Gasteiger partial charge in [-0.2, -0.15) is 0 Å². The molecule has 108 valence electrons. The number of amides is 1. The third-order valence-corrected chi connectivity index (χ3v) is 3.35. The van der Waals surface area contributed by atoms with Gasteiger partial charge in [0.1, 0.15) is 0 Å². The monoisotopic (exact) mass is 277 g/mol. The van der Waals surface area contributed by atoms with Crippen LogP contribution in [0, 0.1) is 6.92 Å². The predicted molar refractivity (Wildman–Crippen MR) is 75.9 cm³/mol. The molecule has 6 nitrogen and oxygen atoms in total. The van der Waals surface area contributed by atoms with E-state index in [0.717, 1.165) is 25.0 Å². The molecule has 1 fully saturated rings. The zero-order valence-electron chi connectivity index (χ0n) is 11.4. The van der Waals surface area contributed by atoms with Gasteiger partial charge in [0.15, 0.2) is 5.84 Å². The molecule has 20 heavy (non-hydrogen) atoms. The van der Waals surface area contributed by atoms with E-state index in [2.05, 4.69) is 10.5 Å². The van der Waals surface area contributed by atoms with Crippen molar-refractivity contribution in [3.63, 3.8) is 0 Å². The number of aryl methyl sites for hydroxylation is 1. The molecule has 1 aliphatic rings. The lowest BCUT2D eigenvalue weighted by atomic mass is 10.1. The standard InChI is InChI=1S/C14H19N3O3/c1-9-4-5-10(14(15)17-19)7-12(9)16-13(18)8-11-3-2-6-20-11/h4-5,7,11,19H,2-3,6,8H2,1H3,(H2,15,17)(H,16,18). The van der Waals surface area contributed by atoms with Crippen LogP contribution in [0.4, 0.5) is 5.69 Å². The first kappa shape index (κ1) is 14.3. The first-order valence-corrected chi connectivity index (χ1v) is 6.60. The van der Waals surface area contributed by atoms with Crippen molar-refractivity contribution < 1.29 is 14.7 Å². The highest BCUT2D eigenvalue weighted by Crippen LogP contribution is 2.19. The summed E-state index contributed by atoms with van der Waals surface area (Å²) in [4.78, 5) is 12.0. The molecule has 1 unspecified atom stereocenters. The minimum absolute atomic E-state index is 0.0135. The van der Waals surface area contributed by atoms with Gasteiger partial charge < -0.3 is 21.0 Å². The maximum Gasteiger partial charge on any atom is 0.226 e. The lowest BCUT2D eigenvalue weighted by Gasteiger charge is -2.12. The first-order valence-electron chi connectivity index (χ1n) is 6.60. The van der Waals surface area contributed by atoms with Crippen molar-refractivity contribution >= 4 is 17.4 Å². The average molecular weight is 277 g/mol. The van der Waals surface area contributed by atoms with E-state index in [1.54, 1.807) is 12.1 Å². The normalized spacial score (nSPS) is 19.1. The van der Waals surface area contributed by atoms with Crippen LogP contribution in [0.1, 0.15) is 30.4 Å². The number of amidine groups is 1. The number of carbonyl (C=O) groups is 1. The molecule has 4 N–H and O–H groups in total. The lowest BCUT2D eigenvalue weighted by molar-refractivity contribution is -0.118. The van der Waals surface area contributed by atoms with Crippen molar-refractivity contribution in [2.75, 3.05) is 11.9 Å². The number of anilines is 1. The first-order chi connectivity index (χ1) is 9.60. The summed E-state index contributed by atoms with van der Waals surface area (Å²) in [5.41, 5.74) is 7.68. The molecular weight excluding hydrogens is 258 g/mol. The van der Waals surface area contributed by atoms with E-state index >= 15 is 0 Å². The van der Waals surface area contributed by atoms with Crippen LogP contribution in [-0.4, -0.2) is 29.7 Å². The molecule has 1 amide bonds. The highest BCUT2D eigenvalue weighted by Gasteiger charge is 2.19. The Balaban J connectivity index is 2.05. The lowest BCUT2D eigenvalue weighted by Crippen LogP contribution is -2.20. The topological polar surface area (TPSA) is 96.9 Å². The Labute approximate surface area is 117 Å². The van der Waals surface area contributed by atoms with Crippen LogP contribution in [-0.2, 0) is 9.53 Å². The SMILES string of the molecule is Cc1ccc(C(N)=NO)cc1NC(=O)CC1CCCO1.